The van der Waals surface area contributed by atoms with E-state index in [9.17, 15) is 5.11 Å². The molecule has 2 aliphatic rings. The second-order valence-corrected chi connectivity index (χ2v) is 7.99. The van der Waals surface area contributed by atoms with Crippen LogP contribution in [-0.2, 0) is 6.42 Å². The molecule has 0 radical (unpaired) electrons. The van der Waals surface area contributed by atoms with Crippen molar-refractivity contribution >= 4 is 5.76 Å². The van der Waals surface area contributed by atoms with E-state index >= 15 is 0 Å². The van der Waals surface area contributed by atoms with Gasteiger partial charge in [-0.25, -0.2) is 0 Å². The van der Waals surface area contributed by atoms with Crippen molar-refractivity contribution in [2.45, 2.75) is 44.6 Å². The lowest BCUT2D eigenvalue weighted by Gasteiger charge is -2.29. The average molecular weight is 394 g/mol. The van der Waals surface area contributed by atoms with Gasteiger partial charge in [0.25, 0.3) is 0 Å². The summed E-state index contributed by atoms with van der Waals surface area (Å²) in [4.78, 5) is 2.46. The highest BCUT2D eigenvalue weighted by Gasteiger charge is 2.16. The number of unbranched alkanes of at least 4 members (excludes halogenated alkanes) is 2. The highest BCUT2D eigenvalue weighted by atomic mass is 16.5. The van der Waals surface area contributed by atoms with Crippen molar-refractivity contribution in [2.24, 2.45) is 0 Å². The Balaban J connectivity index is 1.19. The number of aliphatic hydroxyl groups excluding tert-OH is 1. The summed E-state index contributed by atoms with van der Waals surface area (Å²) in [5.74, 6) is 2.69. The maximum atomic E-state index is 9.57. The summed E-state index contributed by atoms with van der Waals surface area (Å²) in [5.41, 5.74) is 2.30. The normalized spacial score (nSPS) is 17.3. The molecule has 1 N–H and O–H groups in total. The van der Waals surface area contributed by atoms with Crippen LogP contribution in [0.3, 0.4) is 0 Å². The van der Waals surface area contributed by atoms with Crippen LogP contribution in [0.5, 0.6) is 11.5 Å². The van der Waals surface area contributed by atoms with Gasteiger partial charge in [0.15, 0.2) is 0 Å². The third-order valence-corrected chi connectivity index (χ3v) is 5.77. The zero-order valence-electron chi connectivity index (χ0n) is 17.1. The first-order valence-electron chi connectivity index (χ1n) is 10.9. The van der Waals surface area contributed by atoms with E-state index in [1.165, 1.54) is 18.4 Å². The van der Waals surface area contributed by atoms with Crippen LogP contribution in [0.1, 0.15) is 43.2 Å². The van der Waals surface area contributed by atoms with Gasteiger partial charge in [-0.3, -0.25) is 0 Å². The molecule has 2 aromatic carbocycles. The monoisotopic (exact) mass is 393 g/mol. The van der Waals surface area contributed by atoms with Crippen LogP contribution in [0.15, 0.2) is 54.6 Å². The fourth-order valence-electron chi connectivity index (χ4n) is 3.98. The number of rotatable bonds is 8. The fraction of sp³-hybridized carbons (Fsp3) is 0.440. The van der Waals surface area contributed by atoms with Crippen molar-refractivity contribution in [1.29, 1.82) is 0 Å². The number of benzene rings is 2. The van der Waals surface area contributed by atoms with E-state index in [1.807, 2.05) is 30.3 Å². The molecule has 2 aromatic rings. The predicted octanol–water partition coefficient (Wildman–Crippen LogP) is 4.67. The van der Waals surface area contributed by atoms with Gasteiger partial charge in [-0.2, -0.15) is 0 Å². The van der Waals surface area contributed by atoms with Crippen LogP contribution in [0, 0.1) is 0 Å². The molecule has 0 atom stereocenters. The maximum absolute atomic E-state index is 9.57. The minimum absolute atomic E-state index is 0.0838. The van der Waals surface area contributed by atoms with Crippen molar-refractivity contribution < 1.29 is 14.6 Å². The Bertz CT molecular complexity index is 810. The Kier molecular flexibility index (Phi) is 6.86. The molecule has 0 saturated carbocycles. The summed E-state index contributed by atoms with van der Waals surface area (Å²) in [6, 6.07) is 16.4. The van der Waals surface area contributed by atoms with E-state index in [2.05, 4.69) is 29.2 Å². The molecule has 0 amide bonds. The van der Waals surface area contributed by atoms with E-state index < -0.39 is 0 Å². The lowest BCUT2D eigenvalue weighted by molar-refractivity contribution is 0.0816. The van der Waals surface area contributed by atoms with Crippen LogP contribution < -0.4 is 9.47 Å². The summed E-state index contributed by atoms with van der Waals surface area (Å²) >= 11 is 0. The first kappa shape index (κ1) is 20.0. The van der Waals surface area contributed by atoms with Gasteiger partial charge in [-0.15, -0.1) is 0 Å². The zero-order chi connectivity index (χ0) is 19.9. The highest BCUT2D eigenvalue weighted by Crippen LogP contribution is 2.33. The van der Waals surface area contributed by atoms with E-state index in [1.54, 1.807) is 0 Å². The molecule has 154 valence electrons. The van der Waals surface area contributed by atoms with Gasteiger partial charge in [0.05, 0.1) is 12.7 Å². The first-order chi connectivity index (χ1) is 14.3. The number of nitrogens with zero attached hydrogens (tertiary/aromatic N) is 1. The second kappa shape index (κ2) is 9.95. The Morgan fingerprint density at radius 3 is 2.66 bits per heavy atom. The molecule has 0 bridgehead atoms. The fourth-order valence-corrected chi connectivity index (χ4v) is 3.98. The van der Waals surface area contributed by atoms with E-state index in [0.717, 1.165) is 74.7 Å². The van der Waals surface area contributed by atoms with Crippen LogP contribution in [0.25, 0.3) is 5.76 Å². The largest absolute Gasteiger partial charge is 0.493 e. The molecule has 4 rings (SSSR count). The molecular formula is C25H31NO3. The second-order valence-electron chi connectivity index (χ2n) is 7.99. The number of ether oxygens (including phenoxy) is 2. The summed E-state index contributed by atoms with van der Waals surface area (Å²) in [5, 5.41) is 9.57. The Morgan fingerprint density at radius 1 is 1.00 bits per heavy atom. The third kappa shape index (κ3) is 5.62. The molecule has 0 aliphatic carbocycles. The van der Waals surface area contributed by atoms with Gasteiger partial charge < -0.3 is 19.5 Å². The van der Waals surface area contributed by atoms with Crippen molar-refractivity contribution in [3.8, 4) is 11.5 Å². The van der Waals surface area contributed by atoms with Crippen molar-refractivity contribution in [1.82, 2.24) is 4.90 Å². The van der Waals surface area contributed by atoms with Gasteiger partial charge in [0.1, 0.15) is 17.3 Å². The number of hydrogen-bond acceptors (Lipinski definition) is 4. The molecule has 0 spiro atoms. The van der Waals surface area contributed by atoms with E-state index in [4.69, 9.17) is 9.47 Å². The van der Waals surface area contributed by atoms with Gasteiger partial charge in [-0.05, 0) is 62.8 Å². The quantitative estimate of drug-likeness (QED) is 0.662. The first-order valence-corrected chi connectivity index (χ1v) is 10.9. The van der Waals surface area contributed by atoms with Gasteiger partial charge >= 0.3 is 0 Å². The van der Waals surface area contributed by atoms with Gasteiger partial charge in [-0.1, -0.05) is 36.4 Å². The lowest BCUT2D eigenvalue weighted by atomic mass is 10.0. The Hall–Kier alpha value is -2.30. The minimum atomic E-state index is -0.0838. The van der Waals surface area contributed by atoms with Gasteiger partial charge in [0, 0.05) is 24.7 Å². The predicted molar refractivity (Wildman–Crippen MR) is 116 cm³/mol. The smallest absolute Gasteiger partial charge is 0.134 e. The molecule has 0 aromatic heterocycles. The third-order valence-electron chi connectivity index (χ3n) is 5.77. The molecule has 4 heteroatoms. The number of likely N-dealkylation sites (tertiary alicyclic amines) is 1. The molecule has 4 nitrogen and oxygen atoms in total. The number of fused-ring (bicyclic) bond motifs is 1. The zero-order valence-corrected chi connectivity index (χ0v) is 17.1. The van der Waals surface area contributed by atoms with Crippen molar-refractivity contribution in [3.63, 3.8) is 0 Å². The number of aliphatic hydroxyl groups is 1. The van der Waals surface area contributed by atoms with Crippen molar-refractivity contribution in [2.75, 3.05) is 26.2 Å². The summed E-state index contributed by atoms with van der Waals surface area (Å²) in [6.45, 7) is 3.94. The van der Waals surface area contributed by atoms with Crippen LogP contribution >= 0.6 is 0 Å². The topological polar surface area (TPSA) is 41.9 Å². The Morgan fingerprint density at radius 2 is 1.83 bits per heavy atom. The SMILES string of the molecule is OC1CCN(CCCCCOc2ccc3c(c2)OC(c2ccccc2)=CC3)CC1. The molecular weight excluding hydrogens is 362 g/mol. The number of piperidine rings is 1. The standard InChI is InChI=1S/C25H31NO3/c27-22-13-16-26(17-14-22)15-5-2-6-18-28-23-11-9-21-10-12-24(29-25(21)19-23)20-7-3-1-4-8-20/h1,3-4,7-9,11-12,19,22,27H,2,5-6,10,13-18H2. The lowest BCUT2D eigenvalue weighted by Crippen LogP contribution is -2.36. The Labute approximate surface area is 173 Å². The highest BCUT2D eigenvalue weighted by molar-refractivity contribution is 5.65. The molecule has 2 heterocycles. The average Bonchev–Trinajstić information content (AvgIpc) is 2.77. The molecule has 2 aliphatic heterocycles. The van der Waals surface area contributed by atoms with Crippen LogP contribution in [-0.4, -0.2) is 42.4 Å². The van der Waals surface area contributed by atoms with E-state index in [0.29, 0.717) is 0 Å². The summed E-state index contributed by atoms with van der Waals surface area (Å²) in [7, 11) is 0. The van der Waals surface area contributed by atoms with Crippen LogP contribution in [0.2, 0.25) is 0 Å². The van der Waals surface area contributed by atoms with Crippen molar-refractivity contribution in [3.05, 3.63) is 65.7 Å². The van der Waals surface area contributed by atoms with Gasteiger partial charge in [0.2, 0.25) is 0 Å². The minimum Gasteiger partial charge on any atom is -0.493 e. The summed E-state index contributed by atoms with van der Waals surface area (Å²) < 4.78 is 12.1. The number of hydrogen-bond donors (Lipinski definition) is 1. The van der Waals surface area contributed by atoms with Crippen LogP contribution in [0.4, 0.5) is 0 Å². The molecule has 29 heavy (non-hydrogen) atoms. The van der Waals surface area contributed by atoms with E-state index in [-0.39, 0.29) is 6.10 Å². The molecule has 0 unspecified atom stereocenters. The molecule has 1 saturated heterocycles. The summed E-state index contributed by atoms with van der Waals surface area (Å²) in [6.07, 6.45) is 8.20. The maximum Gasteiger partial charge on any atom is 0.134 e. The molecule has 1 fully saturated rings. The number of allylic oxidation sites excluding steroid dienone is 1.